The first-order valence-corrected chi connectivity index (χ1v) is 8.96. The Balaban J connectivity index is 2.31. The fourth-order valence-electron chi connectivity index (χ4n) is 2.23. The average molecular weight is 369 g/mol. The zero-order valence-electron chi connectivity index (χ0n) is 12.6. The molecular weight excluding hydrogens is 348 g/mol. The number of thioether (sulfide) groups is 1. The van der Waals surface area contributed by atoms with Crippen LogP contribution in [0.1, 0.15) is 37.6 Å². The smallest absolute Gasteiger partial charge is 0.153 e. The molecule has 6 heteroatoms. The monoisotopic (exact) mass is 368 g/mol. The van der Waals surface area contributed by atoms with Crippen LogP contribution in [0.3, 0.4) is 0 Å². The van der Waals surface area contributed by atoms with E-state index in [0.29, 0.717) is 0 Å². The number of aromatic nitrogens is 3. The van der Waals surface area contributed by atoms with Gasteiger partial charge in [-0.15, -0.1) is 16.9 Å². The third-order valence-electron chi connectivity index (χ3n) is 3.22. The van der Waals surface area contributed by atoms with Crippen LogP contribution in [0.4, 0.5) is 0 Å². The number of nitrogens with zero attached hydrogens (tertiary/aromatic N) is 3. The maximum Gasteiger partial charge on any atom is 0.153 e. The van der Waals surface area contributed by atoms with Crippen LogP contribution in [-0.4, -0.2) is 27.3 Å². The molecule has 21 heavy (non-hydrogen) atoms. The summed E-state index contributed by atoms with van der Waals surface area (Å²) in [5.74, 6) is 1.09. The van der Waals surface area contributed by atoms with Crippen molar-refractivity contribution in [1.29, 1.82) is 0 Å². The third-order valence-corrected chi connectivity index (χ3v) is 4.68. The van der Waals surface area contributed by atoms with E-state index >= 15 is 0 Å². The van der Waals surface area contributed by atoms with Crippen molar-refractivity contribution in [1.82, 2.24) is 20.3 Å². The van der Waals surface area contributed by atoms with Gasteiger partial charge in [-0.25, -0.2) is 4.68 Å². The summed E-state index contributed by atoms with van der Waals surface area (Å²) in [4.78, 5) is 1.30. The quantitative estimate of drug-likeness (QED) is 0.755. The highest BCUT2D eigenvalue weighted by atomic mass is 79.9. The van der Waals surface area contributed by atoms with Crippen LogP contribution in [0.2, 0.25) is 0 Å². The van der Waals surface area contributed by atoms with Gasteiger partial charge in [0.05, 0.1) is 11.7 Å². The molecule has 2 aromatic rings. The van der Waals surface area contributed by atoms with E-state index < -0.39 is 0 Å². The van der Waals surface area contributed by atoms with Crippen LogP contribution in [0, 0.1) is 0 Å². The van der Waals surface area contributed by atoms with E-state index in [4.69, 9.17) is 0 Å². The molecule has 0 aliphatic carbocycles. The summed E-state index contributed by atoms with van der Waals surface area (Å²) in [5, 5.41) is 11.8. The van der Waals surface area contributed by atoms with Gasteiger partial charge in [0.1, 0.15) is 0 Å². The Labute approximate surface area is 138 Å². The fourth-order valence-corrected chi connectivity index (χ4v) is 3.45. The molecule has 1 aromatic carbocycles. The Morgan fingerprint density at radius 3 is 2.52 bits per heavy atom. The van der Waals surface area contributed by atoms with Crippen molar-refractivity contribution in [2.45, 2.75) is 31.2 Å². The Kier molecular flexibility index (Phi) is 6.26. The van der Waals surface area contributed by atoms with Gasteiger partial charge in [-0.3, -0.25) is 0 Å². The molecule has 2 rings (SSSR count). The van der Waals surface area contributed by atoms with Gasteiger partial charge >= 0.3 is 0 Å². The van der Waals surface area contributed by atoms with Gasteiger partial charge in [-0.2, -0.15) is 0 Å². The Morgan fingerprint density at radius 1 is 1.29 bits per heavy atom. The minimum absolute atomic E-state index is 0.0972. The summed E-state index contributed by atoms with van der Waals surface area (Å²) in [5.41, 5.74) is 2.29. The van der Waals surface area contributed by atoms with Crippen LogP contribution in [0.5, 0.6) is 0 Å². The molecule has 0 bridgehead atoms. The van der Waals surface area contributed by atoms with Gasteiger partial charge in [0.15, 0.2) is 4.60 Å². The number of nitrogens with one attached hydrogen (secondary N) is 1. The van der Waals surface area contributed by atoms with Crippen molar-refractivity contribution in [3.8, 4) is 0 Å². The molecule has 0 spiro atoms. The van der Waals surface area contributed by atoms with E-state index in [9.17, 15) is 0 Å². The van der Waals surface area contributed by atoms with Crippen molar-refractivity contribution >= 4 is 27.7 Å². The molecular formula is C15H21BrN4S. The lowest BCUT2D eigenvalue weighted by Gasteiger charge is -2.19. The molecule has 0 aliphatic rings. The largest absolute Gasteiger partial charge is 0.305 e. The number of benzene rings is 1. The second-order valence-electron chi connectivity index (χ2n) is 4.78. The highest BCUT2D eigenvalue weighted by molar-refractivity contribution is 9.10. The summed E-state index contributed by atoms with van der Waals surface area (Å²) < 4.78 is 2.62. The number of aryl methyl sites for hydroxylation is 1. The Hall–Kier alpha value is -0.850. The summed E-state index contributed by atoms with van der Waals surface area (Å²) >= 11 is 5.37. The van der Waals surface area contributed by atoms with E-state index in [1.807, 2.05) is 23.5 Å². The maximum atomic E-state index is 4.10. The molecule has 0 amide bonds. The first-order chi connectivity index (χ1) is 10.2. The molecule has 0 radical (unpaired) electrons. The molecule has 0 aliphatic heterocycles. The predicted octanol–water partition coefficient (Wildman–Crippen LogP) is 3.78. The lowest BCUT2D eigenvalue weighted by atomic mass is 10.0. The number of halogens is 1. The molecule has 0 saturated carbocycles. The molecule has 114 valence electrons. The second kappa shape index (κ2) is 7.96. The lowest BCUT2D eigenvalue weighted by Crippen LogP contribution is -2.25. The van der Waals surface area contributed by atoms with Crippen molar-refractivity contribution in [3.05, 3.63) is 40.1 Å². The van der Waals surface area contributed by atoms with Crippen LogP contribution < -0.4 is 5.32 Å². The SMILES string of the molecule is CCCNC(c1ccc(SCC)cc1)c1c(Br)nnn1C. The standard InChI is InChI=1S/C15H21BrN4S/c1-4-10-17-13(14-15(16)18-19-20(14)3)11-6-8-12(9-7-11)21-5-2/h6-9,13,17H,4-5,10H2,1-3H3. The number of rotatable bonds is 7. The van der Waals surface area contributed by atoms with E-state index in [1.165, 1.54) is 10.5 Å². The second-order valence-corrected chi connectivity index (χ2v) is 6.87. The van der Waals surface area contributed by atoms with Crippen molar-refractivity contribution in [2.75, 3.05) is 12.3 Å². The van der Waals surface area contributed by atoms with Gasteiger partial charge in [0.25, 0.3) is 0 Å². The summed E-state index contributed by atoms with van der Waals surface area (Å²) in [7, 11) is 1.93. The molecule has 0 saturated heterocycles. The minimum atomic E-state index is 0.0972. The molecule has 1 aromatic heterocycles. The predicted molar refractivity (Wildman–Crippen MR) is 91.7 cm³/mol. The molecule has 4 nitrogen and oxygen atoms in total. The summed E-state index contributed by atoms with van der Waals surface area (Å²) in [6, 6.07) is 8.83. The Morgan fingerprint density at radius 2 is 2.00 bits per heavy atom. The van der Waals surface area contributed by atoms with E-state index in [1.54, 1.807) is 0 Å². The fraction of sp³-hybridized carbons (Fsp3) is 0.467. The Bertz CT molecular complexity index is 548. The van der Waals surface area contributed by atoms with Crippen molar-refractivity contribution < 1.29 is 0 Å². The van der Waals surface area contributed by atoms with Crippen molar-refractivity contribution in [3.63, 3.8) is 0 Å². The maximum absolute atomic E-state index is 4.10. The van der Waals surface area contributed by atoms with Crippen LogP contribution in [-0.2, 0) is 7.05 Å². The van der Waals surface area contributed by atoms with Crippen LogP contribution in [0.25, 0.3) is 0 Å². The first-order valence-electron chi connectivity index (χ1n) is 7.18. The van der Waals surface area contributed by atoms with Gasteiger partial charge in [0.2, 0.25) is 0 Å². The minimum Gasteiger partial charge on any atom is -0.305 e. The summed E-state index contributed by atoms with van der Waals surface area (Å²) in [6.45, 7) is 5.29. The normalized spacial score (nSPS) is 12.6. The molecule has 1 N–H and O–H groups in total. The highest BCUT2D eigenvalue weighted by Gasteiger charge is 2.21. The van der Waals surface area contributed by atoms with Crippen molar-refractivity contribution in [2.24, 2.45) is 7.05 Å². The van der Waals surface area contributed by atoms with Crippen LogP contribution in [0.15, 0.2) is 33.8 Å². The van der Waals surface area contributed by atoms with Gasteiger partial charge in [-0.1, -0.05) is 31.2 Å². The van der Waals surface area contributed by atoms with E-state index in [2.05, 4.69) is 69.7 Å². The molecule has 1 atom stereocenters. The zero-order chi connectivity index (χ0) is 15.2. The molecule has 1 unspecified atom stereocenters. The third kappa shape index (κ3) is 4.08. The van der Waals surface area contributed by atoms with Gasteiger partial charge in [0, 0.05) is 11.9 Å². The van der Waals surface area contributed by atoms with Gasteiger partial charge < -0.3 is 5.32 Å². The average Bonchev–Trinajstić information content (AvgIpc) is 2.81. The highest BCUT2D eigenvalue weighted by Crippen LogP contribution is 2.28. The molecule has 0 fully saturated rings. The van der Waals surface area contributed by atoms with E-state index in [0.717, 1.165) is 29.0 Å². The van der Waals surface area contributed by atoms with E-state index in [-0.39, 0.29) is 6.04 Å². The summed E-state index contributed by atoms with van der Waals surface area (Å²) in [6.07, 6.45) is 1.09. The lowest BCUT2D eigenvalue weighted by molar-refractivity contribution is 0.549. The topological polar surface area (TPSA) is 42.7 Å². The molecule has 1 heterocycles. The first kappa shape index (κ1) is 16.5. The number of hydrogen-bond acceptors (Lipinski definition) is 4. The zero-order valence-corrected chi connectivity index (χ0v) is 15.0. The number of hydrogen-bond donors (Lipinski definition) is 1. The van der Waals surface area contributed by atoms with Crippen LogP contribution >= 0.6 is 27.7 Å². The van der Waals surface area contributed by atoms with Gasteiger partial charge in [-0.05, 0) is 52.3 Å².